The summed E-state index contributed by atoms with van der Waals surface area (Å²) in [5.74, 6) is 0.256. The van der Waals surface area contributed by atoms with Crippen LogP contribution < -0.4 is 10.00 Å². The number of nitrogens with zero attached hydrogens (tertiary/aromatic N) is 2. The molecule has 0 unspecified atom stereocenters. The summed E-state index contributed by atoms with van der Waals surface area (Å²) in [4.78, 5) is 10.8. The van der Waals surface area contributed by atoms with Crippen LogP contribution in [0.15, 0.2) is 9.55 Å². The van der Waals surface area contributed by atoms with Crippen LogP contribution in [0.1, 0.15) is 26.8 Å². The Hall–Kier alpha value is -1.04. The van der Waals surface area contributed by atoms with Gasteiger partial charge in [-0.25, -0.2) is 0 Å². The van der Waals surface area contributed by atoms with Gasteiger partial charge in [0.1, 0.15) is 0 Å². The van der Waals surface area contributed by atoms with Crippen LogP contribution in [0.3, 0.4) is 0 Å². The average molecular weight is 216 g/mol. The summed E-state index contributed by atoms with van der Waals surface area (Å²) in [6.45, 7) is 5.44. The number of carbonyl (C=O) groups is 1. The second-order valence-corrected chi connectivity index (χ2v) is 3.93. The van der Waals surface area contributed by atoms with E-state index >= 15 is 0 Å². The highest BCUT2D eigenvalue weighted by Gasteiger charge is 2.26. The smallest absolute Gasteiger partial charge is 0.288 e. The van der Waals surface area contributed by atoms with E-state index in [0.29, 0.717) is 5.88 Å². The lowest BCUT2D eigenvalue weighted by Crippen LogP contribution is -2.39. The molecule has 0 atom stereocenters. The van der Waals surface area contributed by atoms with Crippen molar-refractivity contribution in [1.29, 1.82) is 0 Å². The SMILES string of the molecule is CSc1c(NC(C)=O)on[n+]1C(C)C. The zero-order chi connectivity index (χ0) is 10.7. The van der Waals surface area contributed by atoms with Crippen molar-refractivity contribution in [3.8, 4) is 0 Å². The van der Waals surface area contributed by atoms with Crippen molar-refractivity contribution in [3.63, 3.8) is 0 Å². The molecule has 0 fully saturated rings. The molecule has 1 aromatic rings. The monoisotopic (exact) mass is 216 g/mol. The van der Waals surface area contributed by atoms with Crippen molar-refractivity contribution in [2.45, 2.75) is 31.8 Å². The fourth-order valence-electron chi connectivity index (χ4n) is 1.02. The summed E-state index contributed by atoms with van der Waals surface area (Å²) in [5, 5.41) is 7.26. The molecule has 1 aromatic heterocycles. The van der Waals surface area contributed by atoms with Crippen molar-refractivity contribution in [2.24, 2.45) is 0 Å². The molecule has 0 aromatic carbocycles. The van der Waals surface area contributed by atoms with E-state index in [4.69, 9.17) is 4.52 Å². The van der Waals surface area contributed by atoms with Crippen LogP contribution in [0.25, 0.3) is 0 Å². The van der Waals surface area contributed by atoms with Gasteiger partial charge in [-0.2, -0.15) is 0 Å². The molecular formula is C8H14N3O2S+. The van der Waals surface area contributed by atoms with Gasteiger partial charge < -0.3 is 0 Å². The molecule has 0 saturated heterocycles. The molecule has 1 amide bonds. The molecule has 0 bridgehead atoms. The van der Waals surface area contributed by atoms with E-state index in [-0.39, 0.29) is 11.9 Å². The van der Waals surface area contributed by atoms with Crippen LogP contribution in [0, 0.1) is 0 Å². The van der Waals surface area contributed by atoms with E-state index in [1.807, 2.05) is 20.1 Å². The zero-order valence-electron chi connectivity index (χ0n) is 8.70. The Bertz CT molecular complexity index is 335. The third kappa shape index (κ3) is 2.25. The van der Waals surface area contributed by atoms with Gasteiger partial charge in [0.2, 0.25) is 11.2 Å². The minimum absolute atomic E-state index is 0.160. The number of amides is 1. The Morgan fingerprint density at radius 2 is 2.29 bits per heavy atom. The minimum Gasteiger partial charge on any atom is -0.288 e. The number of thioether (sulfide) groups is 1. The third-order valence-corrected chi connectivity index (χ3v) is 2.35. The molecule has 0 radical (unpaired) electrons. The number of nitrogens with one attached hydrogen (secondary N) is 1. The predicted octanol–water partition coefficient (Wildman–Crippen LogP) is 1.22. The molecule has 0 aliphatic heterocycles. The molecule has 0 aliphatic carbocycles. The van der Waals surface area contributed by atoms with Crippen molar-refractivity contribution in [3.05, 3.63) is 0 Å². The Kier molecular flexibility index (Phi) is 3.51. The molecule has 6 heteroatoms. The quantitative estimate of drug-likeness (QED) is 0.609. The maximum atomic E-state index is 10.8. The van der Waals surface area contributed by atoms with Crippen LogP contribution in [0.5, 0.6) is 0 Å². The molecule has 0 saturated carbocycles. The topological polar surface area (TPSA) is 59.0 Å². The van der Waals surface area contributed by atoms with Crippen molar-refractivity contribution >= 4 is 23.6 Å². The van der Waals surface area contributed by atoms with Crippen LogP contribution in [0.4, 0.5) is 5.88 Å². The minimum atomic E-state index is -0.160. The molecule has 1 N–H and O–H groups in total. The van der Waals surface area contributed by atoms with Gasteiger partial charge in [0.25, 0.3) is 0 Å². The highest BCUT2D eigenvalue weighted by atomic mass is 32.2. The third-order valence-electron chi connectivity index (χ3n) is 1.59. The first kappa shape index (κ1) is 11.0. The van der Waals surface area contributed by atoms with Gasteiger partial charge in [-0.1, -0.05) is 11.8 Å². The van der Waals surface area contributed by atoms with Crippen LogP contribution in [-0.2, 0) is 4.79 Å². The highest BCUT2D eigenvalue weighted by molar-refractivity contribution is 7.98. The number of hydrogen-bond acceptors (Lipinski definition) is 4. The summed E-state index contributed by atoms with van der Waals surface area (Å²) in [6.07, 6.45) is 1.91. The fraction of sp³-hybridized carbons (Fsp3) is 0.625. The van der Waals surface area contributed by atoms with E-state index < -0.39 is 0 Å². The standard InChI is InChI=1S/C8H13N3O2S/c1-5(2)11-8(14-4)7(13-10-11)9-6(3)12/h5H,1-4H3/p+1. The van der Waals surface area contributed by atoms with Crippen LogP contribution >= 0.6 is 11.8 Å². The second-order valence-electron chi connectivity index (χ2n) is 3.13. The van der Waals surface area contributed by atoms with E-state index in [1.54, 1.807) is 4.68 Å². The Morgan fingerprint density at radius 3 is 2.71 bits per heavy atom. The highest BCUT2D eigenvalue weighted by Crippen LogP contribution is 2.21. The summed E-state index contributed by atoms with van der Waals surface area (Å²) < 4.78 is 6.75. The fourth-order valence-corrected chi connectivity index (χ4v) is 1.72. The van der Waals surface area contributed by atoms with Gasteiger partial charge in [0.05, 0.1) is 0 Å². The van der Waals surface area contributed by atoms with Gasteiger partial charge >= 0.3 is 10.9 Å². The zero-order valence-corrected chi connectivity index (χ0v) is 9.51. The molecule has 1 rings (SSSR count). The molecule has 1 heterocycles. The van der Waals surface area contributed by atoms with E-state index in [0.717, 1.165) is 5.03 Å². The molecule has 14 heavy (non-hydrogen) atoms. The Balaban J connectivity index is 3.01. The van der Waals surface area contributed by atoms with Crippen LogP contribution in [0.2, 0.25) is 0 Å². The summed E-state index contributed by atoms with van der Waals surface area (Å²) >= 11 is 1.49. The molecule has 78 valence electrons. The van der Waals surface area contributed by atoms with Crippen LogP contribution in [-0.4, -0.2) is 17.4 Å². The first-order chi connectivity index (χ1) is 6.56. The summed E-state index contributed by atoms with van der Waals surface area (Å²) in [6, 6.07) is 0.212. The van der Waals surface area contributed by atoms with Crippen molar-refractivity contribution in [2.75, 3.05) is 11.6 Å². The molecule has 0 spiro atoms. The number of anilines is 1. The van der Waals surface area contributed by atoms with Crippen molar-refractivity contribution < 1.29 is 14.0 Å². The van der Waals surface area contributed by atoms with E-state index in [2.05, 4.69) is 10.6 Å². The lowest BCUT2D eigenvalue weighted by atomic mass is 10.4. The van der Waals surface area contributed by atoms with Gasteiger partial charge in [-0.3, -0.25) is 14.6 Å². The molecular weight excluding hydrogens is 202 g/mol. The molecule has 5 nitrogen and oxygen atoms in total. The van der Waals surface area contributed by atoms with Gasteiger partial charge in [-0.05, 0) is 10.9 Å². The number of hydrogen-bond donors (Lipinski definition) is 1. The number of rotatable bonds is 3. The normalized spacial score (nSPS) is 10.6. The Labute approximate surface area is 86.8 Å². The predicted molar refractivity (Wildman–Crippen MR) is 53.2 cm³/mol. The Morgan fingerprint density at radius 1 is 1.64 bits per heavy atom. The lowest BCUT2D eigenvalue weighted by Gasteiger charge is -1.95. The second kappa shape index (κ2) is 4.45. The number of carbonyl (C=O) groups excluding carboxylic acids is 1. The first-order valence-electron chi connectivity index (χ1n) is 4.29. The van der Waals surface area contributed by atoms with Gasteiger partial charge in [0.15, 0.2) is 6.04 Å². The lowest BCUT2D eigenvalue weighted by molar-refractivity contribution is -0.809. The summed E-state index contributed by atoms with van der Waals surface area (Å²) in [7, 11) is 0. The average Bonchev–Trinajstić information content (AvgIpc) is 2.46. The van der Waals surface area contributed by atoms with E-state index in [1.165, 1.54) is 18.7 Å². The maximum absolute atomic E-state index is 10.8. The molecule has 0 aliphatic rings. The van der Waals surface area contributed by atoms with E-state index in [9.17, 15) is 4.79 Å². The number of aromatic nitrogens is 2. The van der Waals surface area contributed by atoms with Gasteiger partial charge in [0, 0.05) is 20.8 Å². The first-order valence-corrected chi connectivity index (χ1v) is 5.51. The van der Waals surface area contributed by atoms with Gasteiger partial charge in [-0.15, -0.1) is 0 Å². The summed E-state index contributed by atoms with van der Waals surface area (Å²) in [5.41, 5.74) is 0. The largest absolute Gasteiger partial charge is 0.332 e. The maximum Gasteiger partial charge on any atom is 0.332 e. The van der Waals surface area contributed by atoms with Crippen molar-refractivity contribution in [1.82, 2.24) is 5.27 Å².